The van der Waals surface area contributed by atoms with Crippen LogP contribution in [-0.4, -0.2) is 23.5 Å². The number of nitrogens with one attached hydrogen (secondary N) is 1. The minimum absolute atomic E-state index is 0.242. The Morgan fingerprint density at radius 2 is 2.10 bits per heavy atom. The summed E-state index contributed by atoms with van der Waals surface area (Å²) in [7, 11) is 0. The molecule has 4 N–H and O–H groups in total. The van der Waals surface area contributed by atoms with E-state index in [0.717, 1.165) is 5.57 Å². The van der Waals surface area contributed by atoms with Crippen molar-refractivity contribution in [2.75, 3.05) is 12.3 Å². The first-order valence-corrected chi connectivity index (χ1v) is 6.67. The molecule has 0 saturated carbocycles. The minimum Gasteiger partial charge on any atom is -0.481 e. The fourth-order valence-electron chi connectivity index (χ4n) is 2.04. The van der Waals surface area contributed by atoms with E-state index in [1.165, 1.54) is 0 Å². The second kappa shape index (κ2) is 5.83. The van der Waals surface area contributed by atoms with E-state index in [0.29, 0.717) is 24.2 Å². The Balaban J connectivity index is 1.95. The molecule has 1 amide bonds. The van der Waals surface area contributed by atoms with Crippen molar-refractivity contribution in [3.05, 3.63) is 53.6 Å². The summed E-state index contributed by atoms with van der Waals surface area (Å²) in [6.07, 6.45) is 5.65. The zero-order valence-electron chi connectivity index (χ0n) is 11.8. The molecule has 0 heterocycles. The fraction of sp³-hybridized carbons (Fsp3) is 0.250. The number of hydrogen-bond donors (Lipinski definition) is 3. The zero-order valence-corrected chi connectivity index (χ0v) is 11.8. The van der Waals surface area contributed by atoms with Crippen LogP contribution >= 0.6 is 0 Å². The molecule has 5 nitrogen and oxygen atoms in total. The molecule has 2 rings (SSSR count). The largest absolute Gasteiger partial charge is 0.481 e. The van der Waals surface area contributed by atoms with Crippen molar-refractivity contribution in [2.45, 2.75) is 13.3 Å². The van der Waals surface area contributed by atoms with E-state index in [2.05, 4.69) is 5.32 Å². The molecule has 0 fully saturated rings. The summed E-state index contributed by atoms with van der Waals surface area (Å²) in [5.41, 5.74) is 6.64. The van der Waals surface area contributed by atoms with Gasteiger partial charge < -0.3 is 16.2 Å². The van der Waals surface area contributed by atoms with Gasteiger partial charge in [-0.2, -0.15) is 0 Å². The van der Waals surface area contributed by atoms with Crippen LogP contribution in [0.25, 0.3) is 0 Å². The van der Waals surface area contributed by atoms with Crippen molar-refractivity contribution < 1.29 is 14.7 Å². The number of nitrogens with two attached hydrogens (primary N) is 1. The van der Waals surface area contributed by atoms with Gasteiger partial charge in [0.1, 0.15) is 0 Å². The maximum atomic E-state index is 12.0. The van der Waals surface area contributed by atoms with Gasteiger partial charge in [-0.3, -0.25) is 9.59 Å². The molecule has 0 bridgehead atoms. The van der Waals surface area contributed by atoms with E-state index >= 15 is 0 Å². The number of amides is 1. The lowest BCUT2D eigenvalue weighted by Gasteiger charge is -2.23. The molecule has 1 aromatic carbocycles. The third-order valence-electron chi connectivity index (χ3n) is 3.60. The number of aliphatic carboxylic acids is 1. The van der Waals surface area contributed by atoms with E-state index < -0.39 is 11.4 Å². The molecule has 1 aliphatic rings. The lowest BCUT2D eigenvalue weighted by Crippen LogP contribution is -2.29. The third-order valence-corrected chi connectivity index (χ3v) is 3.60. The number of rotatable bonds is 4. The van der Waals surface area contributed by atoms with Crippen LogP contribution in [-0.2, 0) is 4.79 Å². The molecule has 1 aliphatic carbocycles. The van der Waals surface area contributed by atoms with Gasteiger partial charge in [0.2, 0.25) is 0 Å². The molecule has 0 spiro atoms. The van der Waals surface area contributed by atoms with Crippen LogP contribution in [0.3, 0.4) is 0 Å². The van der Waals surface area contributed by atoms with Gasteiger partial charge >= 0.3 is 5.97 Å². The molecule has 1 atom stereocenters. The lowest BCUT2D eigenvalue weighted by molar-refractivity contribution is -0.145. The van der Waals surface area contributed by atoms with Crippen LogP contribution in [0.15, 0.2) is 48.1 Å². The summed E-state index contributed by atoms with van der Waals surface area (Å²) in [6, 6.07) is 6.86. The van der Waals surface area contributed by atoms with Crippen LogP contribution in [0.5, 0.6) is 0 Å². The maximum absolute atomic E-state index is 12.0. The molecule has 110 valence electrons. The van der Waals surface area contributed by atoms with E-state index in [4.69, 9.17) is 10.8 Å². The Kier molecular flexibility index (Phi) is 4.12. The van der Waals surface area contributed by atoms with Gasteiger partial charge in [0.05, 0.1) is 11.0 Å². The second-order valence-electron chi connectivity index (χ2n) is 5.31. The highest BCUT2D eigenvalue weighted by molar-refractivity contribution is 5.99. The number of carbonyl (C=O) groups is 2. The van der Waals surface area contributed by atoms with Crippen molar-refractivity contribution in [2.24, 2.45) is 5.41 Å². The number of anilines is 1. The van der Waals surface area contributed by atoms with Crippen LogP contribution in [0.4, 0.5) is 5.69 Å². The number of carboxylic acid groups (broad SMARTS) is 1. The van der Waals surface area contributed by atoms with E-state index in [1.54, 1.807) is 43.3 Å². The lowest BCUT2D eigenvalue weighted by atomic mass is 9.82. The van der Waals surface area contributed by atoms with E-state index in [9.17, 15) is 9.59 Å². The zero-order chi connectivity index (χ0) is 15.5. The fourth-order valence-corrected chi connectivity index (χ4v) is 2.04. The predicted molar refractivity (Wildman–Crippen MR) is 80.8 cm³/mol. The maximum Gasteiger partial charge on any atom is 0.313 e. The Bertz CT molecular complexity index is 634. The highest BCUT2D eigenvalue weighted by atomic mass is 16.4. The molecule has 1 aromatic rings. The average Bonchev–Trinajstić information content (AvgIpc) is 2.47. The number of hydrogen-bond acceptors (Lipinski definition) is 3. The van der Waals surface area contributed by atoms with Crippen LogP contribution in [0.1, 0.15) is 23.7 Å². The van der Waals surface area contributed by atoms with Crippen LogP contribution in [0.2, 0.25) is 0 Å². The van der Waals surface area contributed by atoms with Gasteiger partial charge in [0.15, 0.2) is 0 Å². The molecular formula is C16H18N2O3. The molecule has 0 radical (unpaired) electrons. The van der Waals surface area contributed by atoms with Gasteiger partial charge in [-0.15, -0.1) is 0 Å². The monoisotopic (exact) mass is 286 g/mol. The Morgan fingerprint density at radius 1 is 1.38 bits per heavy atom. The highest BCUT2D eigenvalue weighted by Crippen LogP contribution is 2.29. The summed E-state index contributed by atoms with van der Waals surface area (Å²) < 4.78 is 0. The molecule has 0 aromatic heterocycles. The molecule has 5 heteroatoms. The average molecular weight is 286 g/mol. The number of allylic oxidation sites excluding steroid dienone is 1. The van der Waals surface area contributed by atoms with Crippen molar-refractivity contribution in [3.63, 3.8) is 0 Å². The standard InChI is InChI=1S/C16H18N2O3/c1-16(15(20)21)8-6-11(7-9-16)10-18-14(19)12-4-2-3-5-13(12)17/h2-8H,9-10,17H2,1H3,(H,18,19)(H,20,21). The number of benzene rings is 1. The van der Waals surface area contributed by atoms with Gasteiger partial charge in [-0.1, -0.05) is 30.4 Å². The summed E-state index contributed by atoms with van der Waals surface area (Å²) in [4.78, 5) is 23.1. The second-order valence-corrected chi connectivity index (χ2v) is 5.31. The Hall–Kier alpha value is -2.56. The summed E-state index contributed by atoms with van der Waals surface area (Å²) in [6.45, 7) is 2.02. The van der Waals surface area contributed by atoms with Crippen molar-refractivity contribution >= 4 is 17.6 Å². The first kappa shape index (κ1) is 14.8. The Morgan fingerprint density at radius 3 is 2.67 bits per heavy atom. The van der Waals surface area contributed by atoms with E-state index in [1.807, 2.05) is 6.08 Å². The number of carbonyl (C=O) groups excluding carboxylic acids is 1. The number of nitrogen functional groups attached to an aromatic ring is 1. The SMILES string of the molecule is CC1(C(=O)O)C=CC(CNC(=O)c2ccccc2N)=CC1. The number of para-hydroxylation sites is 1. The molecule has 1 unspecified atom stereocenters. The van der Waals surface area contributed by atoms with E-state index in [-0.39, 0.29) is 5.91 Å². The minimum atomic E-state index is -0.864. The van der Waals surface area contributed by atoms with Gasteiger partial charge in [0.25, 0.3) is 5.91 Å². The van der Waals surface area contributed by atoms with Crippen LogP contribution < -0.4 is 11.1 Å². The van der Waals surface area contributed by atoms with Crippen molar-refractivity contribution in [1.82, 2.24) is 5.32 Å². The smallest absolute Gasteiger partial charge is 0.313 e. The van der Waals surface area contributed by atoms with Crippen molar-refractivity contribution in [3.8, 4) is 0 Å². The van der Waals surface area contributed by atoms with Gasteiger partial charge in [-0.25, -0.2) is 0 Å². The molecule has 0 aliphatic heterocycles. The topological polar surface area (TPSA) is 92.4 Å². The van der Waals surface area contributed by atoms with Crippen LogP contribution in [0, 0.1) is 5.41 Å². The Labute approximate surface area is 123 Å². The van der Waals surface area contributed by atoms with Gasteiger partial charge in [-0.05, 0) is 31.1 Å². The van der Waals surface area contributed by atoms with Gasteiger partial charge in [0, 0.05) is 12.2 Å². The normalized spacial score (nSPS) is 20.7. The first-order chi connectivity index (χ1) is 9.92. The highest BCUT2D eigenvalue weighted by Gasteiger charge is 2.30. The third kappa shape index (κ3) is 3.31. The first-order valence-electron chi connectivity index (χ1n) is 6.67. The summed E-state index contributed by atoms with van der Waals surface area (Å²) in [5.74, 6) is -1.09. The summed E-state index contributed by atoms with van der Waals surface area (Å²) in [5, 5.41) is 11.9. The number of carboxylic acids is 1. The molecule has 21 heavy (non-hydrogen) atoms. The summed E-state index contributed by atoms with van der Waals surface area (Å²) >= 11 is 0. The quantitative estimate of drug-likeness (QED) is 0.738. The molecule has 0 saturated heterocycles. The molecular weight excluding hydrogens is 268 g/mol. The predicted octanol–water partition coefficient (Wildman–Crippen LogP) is 1.98. The van der Waals surface area contributed by atoms with Crippen molar-refractivity contribution in [1.29, 1.82) is 0 Å².